The van der Waals surface area contributed by atoms with Gasteiger partial charge in [-0.05, 0) is 42.7 Å². The summed E-state index contributed by atoms with van der Waals surface area (Å²) >= 11 is 7.92. The number of aromatic nitrogens is 2. The van der Waals surface area contributed by atoms with Crippen LogP contribution < -0.4 is 11.3 Å². The maximum absolute atomic E-state index is 6.26. The van der Waals surface area contributed by atoms with Gasteiger partial charge >= 0.3 is 0 Å². The molecule has 0 aliphatic rings. The Morgan fingerprint density at radius 1 is 1.44 bits per heavy atom. The smallest absolute Gasteiger partial charge is 0.0904 e. The van der Waals surface area contributed by atoms with E-state index >= 15 is 0 Å². The van der Waals surface area contributed by atoms with Crippen molar-refractivity contribution in [3.8, 4) is 0 Å². The van der Waals surface area contributed by atoms with Gasteiger partial charge in [0.1, 0.15) is 0 Å². The molecule has 0 saturated heterocycles. The molecule has 0 aromatic carbocycles. The maximum Gasteiger partial charge on any atom is 0.0904 e. The van der Waals surface area contributed by atoms with Gasteiger partial charge in [0.05, 0.1) is 23.0 Å². The molecule has 18 heavy (non-hydrogen) atoms. The third-order valence-corrected chi connectivity index (χ3v) is 4.09. The Balaban J connectivity index is 2.52. The minimum Gasteiger partial charge on any atom is -0.271 e. The fraction of sp³-hybridized carbons (Fsp3) is 0.417. The standard InChI is InChI=1S/C12H17ClN4S/c1-7(2)17-12(10(13)4-15-17)11(16-14)9-6-18-5-8(9)3/h4-7,11,16H,14H2,1-3H3. The average molecular weight is 285 g/mol. The van der Waals surface area contributed by atoms with Gasteiger partial charge in [-0.15, -0.1) is 0 Å². The van der Waals surface area contributed by atoms with Crippen molar-refractivity contribution in [2.24, 2.45) is 5.84 Å². The molecule has 0 aliphatic carbocycles. The van der Waals surface area contributed by atoms with Crippen molar-refractivity contribution in [2.45, 2.75) is 32.9 Å². The number of nitrogens with two attached hydrogens (primary N) is 1. The van der Waals surface area contributed by atoms with Gasteiger partial charge in [0.15, 0.2) is 0 Å². The molecule has 1 atom stereocenters. The summed E-state index contributed by atoms with van der Waals surface area (Å²) in [4.78, 5) is 0. The summed E-state index contributed by atoms with van der Waals surface area (Å²) in [5.41, 5.74) is 6.11. The molecule has 0 amide bonds. The van der Waals surface area contributed by atoms with E-state index in [1.54, 1.807) is 17.5 Å². The Morgan fingerprint density at radius 3 is 2.67 bits per heavy atom. The topological polar surface area (TPSA) is 55.9 Å². The van der Waals surface area contributed by atoms with Crippen LogP contribution in [0, 0.1) is 6.92 Å². The third kappa shape index (κ3) is 2.31. The second kappa shape index (κ2) is 5.40. The van der Waals surface area contributed by atoms with Crippen LogP contribution in [0.1, 0.15) is 42.8 Å². The van der Waals surface area contributed by atoms with E-state index in [0.717, 1.165) is 11.3 Å². The summed E-state index contributed by atoms with van der Waals surface area (Å²) in [7, 11) is 0. The van der Waals surface area contributed by atoms with E-state index in [9.17, 15) is 0 Å². The van der Waals surface area contributed by atoms with Crippen LogP contribution in [0.4, 0.5) is 0 Å². The molecule has 98 valence electrons. The van der Waals surface area contributed by atoms with Crippen LogP contribution in [0.3, 0.4) is 0 Å². The zero-order valence-corrected chi connectivity index (χ0v) is 12.2. The van der Waals surface area contributed by atoms with Crippen molar-refractivity contribution in [2.75, 3.05) is 0 Å². The lowest BCUT2D eigenvalue weighted by atomic mass is 10.0. The Bertz CT molecular complexity index is 532. The molecule has 1 unspecified atom stereocenters. The normalized spacial score (nSPS) is 13.2. The molecular weight excluding hydrogens is 268 g/mol. The third-order valence-electron chi connectivity index (χ3n) is 2.92. The highest BCUT2D eigenvalue weighted by atomic mass is 35.5. The number of hydrazine groups is 1. The van der Waals surface area contributed by atoms with Crippen molar-refractivity contribution in [1.82, 2.24) is 15.2 Å². The zero-order valence-electron chi connectivity index (χ0n) is 10.6. The van der Waals surface area contributed by atoms with Crippen LogP contribution in [0.2, 0.25) is 5.02 Å². The molecule has 2 aromatic heterocycles. The van der Waals surface area contributed by atoms with E-state index in [4.69, 9.17) is 17.4 Å². The molecule has 0 saturated carbocycles. The Kier molecular flexibility index (Phi) is 4.07. The lowest BCUT2D eigenvalue weighted by Crippen LogP contribution is -2.31. The number of halogens is 1. The first-order valence-electron chi connectivity index (χ1n) is 5.78. The van der Waals surface area contributed by atoms with Gasteiger partial charge in [0.25, 0.3) is 0 Å². The summed E-state index contributed by atoms with van der Waals surface area (Å²) in [5, 5.41) is 9.14. The molecule has 0 fully saturated rings. The first kappa shape index (κ1) is 13.5. The van der Waals surface area contributed by atoms with Gasteiger partial charge in [-0.3, -0.25) is 10.5 Å². The Hall–Kier alpha value is -0.880. The number of hydrogen-bond donors (Lipinski definition) is 2. The number of hydrogen-bond acceptors (Lipinski definition) is 4. The van der Waals surface area contributed by atoms with Crippen LogP contribution in [0.25, 0.3) is 0 Å². The maximum atomic E-state index is 6.26. The highest BCUT2D eigenvalue weighted by Crippen LogP contribution is 2.32. The molecule has 4 nitrogen and oxygen atoms in total. The number of thiophene rings is 1. The van der Waals surface area contributed by atoms with Gasteiger partial charge < -0.3 is 0 Å². The van der Waals surface area contributed by atoms with Crippen LogP contribution in [-0.2, 0) is 0 Å². The van der Waals surface area contributed by atoms with Crippen molar-refractivity contribution in [3.05, 3.63) is 38.8 Å². The Morgan fingerprint density at radius 2 is 2.17 bits per heavy atom. The monoisotopic (exact) mass is 284 g/mol. The fourth-order valence-electron chi connectivity index (χ4n) is 2.01. The van der Waals surface area contributed by atoms with E-state index < -0.39 is 0 Å². The van der Waals surface area contributed by atoms with E-state index in [0.29, 0.717) is 5.02 Å². The predicted octanol–water partition coefficient (Wildman–Crippen LogP) is 3.04. The number of nitrogens with one attached hydrogen (secondary N) is 1. The summed E-state index contributed by atoms with van der Waals surface area (Å²) in [5.74, 6) is 5.72. The van der Waals surface area contributed by atoms with Crippen molar-refractivity contribution >= 4 is 22.9 Å². The molecular formula is C12H17ClN4S. The fourth-order valence-corrected chi connectivity index (χ4v) is 3.13. The van der Waals surface area contributed by atoms with Crippen molar-refractivity contribution in [1.29, 1.82) is 0 Å². The average Bonchev–Trinajstić information content (AvgIpc) is 2.89. The second-order valence-electron chi connectivity index (χ2n) is 4.53. The first-order chi connectivity index (χ1) is 8.56. The minimum absolute atomic E-state index is 0.131. The SMILES string of the molecule is Cc1cscc1C(NN)c1c(Cl)cnn1C(C)C. The van der Waals surface area contributed by atoms with E-state index in [1.807, 2.05) is 4.68 Å². The molecule has 0 bridgehead atoms. The summed E-state index contributed by atoms with van der Waals surface area (Å²) < 4.78 is 1.91. The van der Waals surface area contributed by atoms with Gasteiger partial charge in [-0.25, -0.2) is 5.43 Å². The molecule has 2 rings (SSSR count). The molecule has 0 aliphatic heterocycles. The van der Waals surface area contributed by atoms with Crippen LogP contribution in [-0.4, -0.2) is 9.78 Å². The highest BCUT2D eigenvalue weighted by molar-refractivity contribution is 7.08. The minimum atomic E-state index is -0.131. The van der Waals surface area contributed by atoms with E-state index in [-0.39, 0.29) is 12.1 Å². The van der Waals surface area contributed by atoms with Crippen LogP contribution in [0.5, 0.6) is 0 Å². The molecule has 3 N–H and O–H groups in total. The molecule has 6 heteroatoms. The number of rotatable bonds is 4. The number of nitrogens with zero attached hydrogens (tertiary/aromatic N) is 2. The largest absolute Gasteiger partial charge is 0.271 e. The highest BCUT2D eigenvalue weighted by Gasteiger charge is 2.24. The molecule has 0 radical (unpaired) electrons. The first-order valence-corrected chi connectivity index (χ1v) is 7.10. The molecule has 0 spiro atoms. The summed E-state index contributed by atoms with van der Waals surface area (Å²) in [6, 6.07) is 0.107. The Labute approximate surface area is 116 Å². The molecule has 2 aromatic rings. The van der Waals surface area contributed by atoms with E-state index in [2.05, 4.69) is 42.1 Å². The second-order valence-corrected chi connectivity index (χ2v) is 5.68. The summed E-state index contributed by atoms with van der Waals surface area (Å²) in [6.45, 7) is 6.21. The quantitative estimate of drug-likeness (QED) is 0.670. The lowest BCUT2D eigenvalue weighted by molar-refractivity contribution is 0.476. The van der Waals surface area contributed by atoms with E-state index in [1.165, 1.54) is 5.56 Å². The van der Waals surface area contributed by atoms with Crippen LogP contribution >= 0.6 is 22.9 Å². The van der Waals surface area contributed by atoms with Gasteiger partial charge in [-0.2, -0.15) is 16.4 Å². The van der Waals surface area contributed by atoms with Crippen LogP contribution in [0.15, 0.2) is 17.0 Å². The van der Waals surface area contributed by atoms with Crippen molar-refractivity contribution < 1.29 is 0 Å². The number of aryl methyl sites for hydroxylation is 1. The lowest BCUT2D eigenvalue weighted by Gasteiger charge is -2.20. The van der Waals surface area contributed by atoms with Gasteiger partial charge in [0, 0.05) is 6.04 Å². The van der Waals surface area contributed by atoms with Gasteiger partial charge in [-0.1, -0.05) is 11.6 Å². The molecule has 2 heterocycles. The summed E-state index contributed by atoms with van der Waals surface area (Å²) in [6.07, 6.45) is 1.67. The van der Waals surface area contributed by atoms with Crippen molar-refractivity contribution in [3.63, 3.8) is 0 Å². The zero-order chi connectivity index (χ0) is 13.3. The predicted molar refractivity (Wildman–Crippen MR) is 75.8 cm³/mol. The van der Waals surface area contributed by atoms with Gasteiger partial charge in [0.2, 0.25) is 0 Å².